The van der Waals surface area contributed by atoms with Gasteiger partial charge in [0.05, 0.1) is 0 Å². The van der Waals surface area contributed by atoms with Gasteiger partial charge in [0, 0.05) is 38.0 Å². The average molecular weight is 283 g/mol. The lowest BCUT2D eigenvalue weighted by molar-refractivity contribution is -0.133. The molecule has 20 heavy (non-hydrogen) atoms. The number of nitrogens with two attached hydrogens (primary N) is 1. The van der Waals surface area contributed by atoms with E-state index in [1.807, 2.05) is 25.7 Å². The summed E-state index contributed by atoms with van der Waals surface area (Å²) in [4.78, 5) is 25.5. The van der Waals surface area contributed by atoms with E-state index in [9.17, 15) is 9.59 Å². The van der Waals surface area contributed by atoms with Gasteiger partial charge in [0.2, 0.25) is 11.8 Å². The van der Waals surface area contributed by atoms with Crippen molar-refractivity contribution >= 4 is 11.8 Å². The largest absolute Gasteiger partial charge is 0.354 e. The van der Waals surface area contributed by atoms with Gasteiger partial charge >= 0.3 is 0 Å². The predicted octanol–water partition coefficient (Wildman–Crippen LogP) is 1.27. The van der Waals surface area contributed by atoms with Crippen LogP contribution in [0.15, 0.2) is 0 Å². The van der Waals surface area contributed by atoms with Crippen molar-refractivity contribution in [3.05, 3.63) is 0 Å². The molecule has 0 aliphatic carbocycles. The van der Waals surface area contributed by atoms with Crippen LogP contribution in [0.4, 0.5) is 0 Å². The normalized spacial score (nSPS) is 20.9. The summed E-state index contributed by atoms with van der Waals surface area (Å²) in [7, 11) is 0. The highest BCUT2D eigenvalue weighted by Gasteiger charge is 2.25. The molecule has 0 radical (unpaired) electrons. The molecule has 0 aromatic heterocycles. The Hall–Kier alpha value is -1.10. The van der Waals surface area contributed by atoms with Crippen molar-refractivity contribution in [1.29, 1.82) is 0 Å². The SMILES string of the molecule is CC(C)NC(=O)CCCC(=O)N1CCCC(C(C)N)C1. The molecule has 1 aliphatic rings. The lowest BCUT2D eigenvalue weighted by Crippen LogP contribution is -2.45. The Morgan fingerprint density at radius 1 is 1.30 bits per heavy atom. The first kappa shape index (κ1) is 17.0. The fourth-order valence-corrected chi connectivity index (χ4v) is 2.62. The van der Waals surface area contributed by atoms with E-state index in [4.69, 9.17) is 5.73 Å². The average Bonchev–Trinajstić information content (AvgIpc) is 2.37. The third-order valence-electron chi connectivity index (χ3n) is 3.80. The predicted molar refractivity (Wildman–Crippen MR) is 80.1 cm³/mol. The van der Waals surface area contributed by atoms with Crippen LogP contribution >= 0.6 is 0 Å². The number of likely N-dealkylation sites (tertiary alicyclic amines) is 1. The molecule has 116 valence electrons. The van der Waals surface area contributed by atoms with Crippen molar-refractivity contribution in [3.63, 3.8) is 0 Å². The zero-order valence-corrected chi connectivity index (χ0v) is 13.0. The van der Waals surface area contributed by atoms with Gasteiger partial charge in [-0.15, -0.1) is 0 Å². The third kappa shape index (κ3) is 5.90. The Balaban J connectivity index is 2.27. The van der Waals surface area contributed by atoms with Gasteiger partial charge in [-0.3, -0.25) is 9.59 Å². The highest BCUT2D eigenvalue weighted by molar-refractivity contribution is 5.79. The molecule has 2 amide bonds. The van der Waals surface area contributed by atoms with Gasteiger partial charge in [-0.25, -0.2) is 0 Å². The van der Waals surface area contributed by atoms with Crippen LogP contribution in [0.1, 0.15) is 52.9 Å². The molecule has 0 aromatic rings. The molecule has 1 rings (SSSR count). The number of carbonyl (C=O) groups excluding carboxylic acids is 2. The first-order valence-corrected chi connectivity index (χ1v) is 7.73. The maximum absolute atomic E-state index is 12.1. The second kappa shape index (κ2) is 8.25. The topological polar surface area (TPSA) is 75.4 Å². The van der Waals surface area contributed by atoms with Crippen molar-refractivity contribution in [2.75, 3.05) is 13.1 Å². The zero-order chi connectivity index (χ0) is 15.1. The van der Waals surface area contributed by atoms with Gasteiger partial charge < -0.3 is 16.0 Å². The third-order valence-corrected chi connectivity index (χ3v) is 3.80. The number of nitrogens with one attached hydrogen (secondary N) is 1. The van der Waals surface area contributed by atoms with Crippen LogP contribution < -0.4 is 11.1 Å². The van der Waals surface area contributed by atoms with Crippen LogP contribution in [0.5, 0.6) is 0 Å². The fourth-order valence-electron chi connectivity index (χ4n) is 2.62. The van der Waals surface area contributed by atoms with Gasteiger partial charge in [-0.2, -0.15) is 0 Å². The molecule has 5 nitrogen and oxygen atoms in total. The maximum atomic E-state index is 12.1. The van der Waals surface area contributed by atoms with Crippen LogP contribution in [-0.2, 0) is 9.59 Å². The van der Waals surface area contributed by atoms with Crippen molar-refractivity contribution in [1.82, 2.24) is 10.2 Å². The van der Waals surface area contributed by atoms with Crippen LogP contribution in [0.25, 0.3) is 0 Å². The summed E-state index contributed by atoms with van der Waals surface area (Å²) in [5.41, 5.74) is 5.92. The quantitative estimate of drug-likeness (QED) is 0.770. The monoisotopic (exact) mass is 283 g/mol. The standard InChI is InChI=1S/C15H29N3O2/c1-11(2)17-14(19)7-4-8-15(20)18-9-5-6-13(10-18)12(3)16/h11-13H,4-10,16H2,1-3H3,(H,17,19). The zero-order valence-electron chi connectivity index (χ0n) is 13.0. The Morgan fingerprint density at radius 2 is 2.00 bits per heavy atom. The van der Waals surface area contributed by atoms with E-state index >= 15 is 0 Å². The second-order valence-corrected chi connectivity index (χ2v) is 6.18. The summed E-state index contributed by atoms with van der Waals surface area (Å²) in [5, 5.41) is 2.84. The lowest BCUT2D eigenvalue weighted by Gasteiger charge is -2.34. The lowest BCUT2D eigenvalue weighted by atomic mass is 9.92. The van der Waals surface area contributed by atoms with Crippen LogP contribution in [-0.4, -0.2) is 41.9 Å². The summed E-state index contributed by atoms with van der Waals surface area (Å²) < 4.78 is 0. The molecule has 5 heteroatoms. The molecule has 0 spiro atoms. The van der Waals surface area contributed by atoms with E-state index in [0.29, 0.717) is 25.2 Å². The van der Waals surface area contributed by atoms with Crippen molar-refractivity contribution in [2.45, 2.75) is 65.0 Å². The number of amides is 2. The van der Waals surface area contributed by atoms with Gasteiger partial charge in [-0.05, 0) is 46.0 Å². The molecule has 0 bridgehead atoms. The summed E-state index contributed by atoms with van der Waals surface area (Å²) in [5.74, 6) is 0.601. The molecule has 0 aromatic carbocycles. The Labute approximate surface area is 122 Å². The fraction of sp³-hybridized carbons (Fsp3) is 0.867. The van der Waals surface area contributed by atoms with Crippen molar-refractivity contribution in [3.8, 4) is 0 Å². The molecule has 2 unspecified atom stereocenters. The smallest absolute Gasteiger partial charge is 0.222 e. The minimum atomic E-state index is 0.0277. The molecule has 1 saturated heterocycles. The van der Waals surface area contributed by atoms with Gasteiger partial charge in [-0.1, -0.05) is 0 Å². The Bertz CT molecular complexity index is 329. The highest BCUT2D eigenvalue weighted by Crippen LogP contribution is 2.19. The minimum Gasteiger partial charge on any atom is -0.354 e. The van der Waals surface area contributed by atoms with E-state index in [2.05, 4.69) is 5.32 Å². The number of rotatable bonds is 6. The van der Waals surface area contributed by atoms with E-state index < -0.39 is 0 Å². The Kier molecular flexibility index (Phi) is 6.99. The van der Waals surface area contributed by atoms with Gasteiger partial charge in [0.1, 0.15) is 0 Å². The molecule has 2 atom stereocenters. The van der Waals surface area contributed by atoms with Gasteiger partial charge in [0.15, 0.2) is 0 Å². The molecule has 3 N–H and O–H groups in total. The molecular weight excluding hydrogens is 254 g/mol. The van der Waals surface area contributed by atoms with E-state index in [0.717, 1.165) is 25.9 Å². The first-order valence-electron chi connectivity index (χ1n) is 7.73. The molecule has 0 saturated carbocycles. The summed E-state index contributed by atoms with van der Waals surface area (Å²) in [6.07, 6.45) is 3.65. The summed E-state index contributed by atoms with van der Waals surface area (Å²) in [6.45, 7) is 7.49. The van der Waals surface area contributed by atoms with Crippen molar-refractivity contribution in [2.24, 2.45) is 11.7 Å². The molecular formula is C15H29N3O2. The maximum Gasteiger partial charge on any atom is 0.222 e. The molecule has 1 fully saturated rings. The van der Waals surface area contributed by atoms with Crippen LogP contribution in [0, 0.1) is 5.92 Å². The van der Waals surface area contributed by atoms with E-state index in [1.54, 1.807) is 0 Å². The summed E-state index contributed by atoms with van der Waals surface area (Å²) >= 11 is 0. The van der Waals surface area contributed by atoms with E-state index in [1.165, 1.54) is 0 Å². The number of hydrogen-bond donors (Lipinski definition) is 2. The second-order valence-electron chi connectivity index (χ2n) is 6.18. The highest BCUT2D eigenvalue weighted by atomic mass is 16.2. The van der Waals surface area contributed by atoms with Crippen LogP contribution in [0.3, 0.4) is 0 Å². The molecule has 1 heterocycles. The number of piperidine rings is 1. The number of hydrogen-bond acceptors (Lipinski definition) is 3. The number of nitrogens with zero attached hydrogens (tertiary/aromatic N) is 1. The van der Waals surface area contributed by atoms with E-state index in [-0.39, 0.29) is 23.9 Å². The minimum absolute atomic E-state index is 0.0277. The first-order chi connectivity index (χ1) is 9.40. The van der Waals surface area contributed by atoms with Crippen LogP contribution in [0.2, 0.25) is 0 Å². The van der Waals surface area contributed by atoms with Gasteiger partial charge in [0.25, 0.3) is 0 Å². The Morgan fingerprint density at radius 3 is 2.60 bits per heavy atom. The molecule has 1 aliphatic heterocycles. The summed E-state index contributed by atoms with van der Waals surface area (Å²) in [6, 6.07) is 0.300. The number of carbonyl (C=O) groups is 2. The van der Waals surface area contributed by atoms with Crippen molar-refractivity contribution < 1.29 is 9.59 Å².